The van der Waals surface area contributed by atoms with Gasteiger partial charge in [0, 0.05) is 13.2 Å². The van der Waals surface area contributed by atoms with Crippen molar-refractivity contribution in [3.63, 3.8) is 0 Å². The summed E-state index contributed by atoms with van der Waals surface area (Å²) in [5.74, 6) is 0. The summed E-state index contributed by atoms with van der Waals surface area (Å²) in [6.07, 6.45) is 1.87. The van der Waals surface area contributed by atoms with Crippen molar-refractivity contribution < 1.29 is 24.3 Å². The Balaban J connectivity index is 3.43. The summed E-state index contributed by atoms with van der Waals surface area (Å²) in [5.41, 5.74) is 0. The second-order valence-corrected chi connectivity index (χ2v) is 3.61. The number of hydrogen-bond acceptors (Lipinski definition) is 5. The van der Waals surface area contributed by atoms with Gasteiger partial charge >= 0.3 is 0 Å². The molecule has 0 aromatic carbocycles. The second kappa shape index (κ2) is 12.3. The second-order valence-electron chi connectivity index (χ2n) is 3.61. The van der Waals surface area contributed by atoms with Gasteiger partial charge in [-0.3, -0.25) is 0 Å². The van der Waals surface area contributed by atoms with Crippen molar-refractivity contribution in [2.24, 2.45) is 0 Å². The van der Waals surface area contributed by atoms with Crippen LogP contribution in [-0.2, 0) is 24.3 Å². The lowest BCUT2D eigenvalue weighted by molar-refractivity contribution is -0.519. The monoisotopic (exact) mass is 250 g/mol. The molecule has 2 unspecified atom stereocenters. The summed E-state index contributed by atoms with van der Waals surface area (Å²) in [6, 6.07) is 0. The Morgan fingerprint density at radius 1 is 0.706 bits per heavy atom. The number of ether oxygens (including phenoxy) is 2. The lowest BCUT2D eigenvalue weighted by Crippen LogP contribution is -2.22. The Kier molecular flexibility index (Phi) is 12.1. The third kappa shape index (κ3) is 9.50. The predicted molar refractivity (Wildman–Crippen MR) is 64.4 cm³/mol. The molecule has 5 nitrogen and oxygen atoms in total. The zero-order valence-corrected chi connectivity index (χ0v) is 11.4. The lowest BCUT2D eigenvalue weighted by atomic mass is 10.3. The van der Waals surface area contributed by atoms with E-state index in [1.807, 2.05) is 27.7 Å². The Labute approximate surface area is 104 Å². The molecule has 0 radical (unpaired) electrons. The minimum Gasteiger partial charge on any atom is -0.376 e. The van der Waals surface area contributed by atoms with Crippen molar-refractivity contribution in [1.82, 2.24) is 0 Å². The first kappa shape index (κ1) is 16.8. The van der Waals surface area contributed by atoms with Gasteiger partial charge in [0.25, 0.3) is 0 Å². The minimum atomic E-state index is 0.0532. The van der Waals surface area contributed by atoms with E-state index in [1.165, 1.54) is 0 Å². The molecule has 5 heteroatoms. The van der Waals surface area contributed by atoms with E-state index in [1.54, 1.807) is 0 Å². The summed E-state index contributed by atoms with van der Waals surface area (Å²) in [4.78, 5) is 9.82. The minimum absolute atomic E-state index is 0.0532. The van der Waals surface area contributed by atoms with E-state index in [9.17, 15) is 0 Å². The fourth-order valence-electron chi connectivity index (χ4n) is 1.28. The van der Waals surface area contributed by atoms with Gasteiger partial charge in [-0.2, -0.15) is 0 Å². The molecule has 0 amide bonds. The Bertz CT molecular complexity index is 138. The van der Waals surface area contributed by atoms with Crippen LogP contribution in [0.2, 0.25) is 0 Å². The average molecular weight is 250 g/mol. The van der Waals surface area contributed by atoms with Gasteiger partial charge in [0.2, 0.25) is 0 Å². The molecule has 0 aromatic heterocycles. The van der Waals surface area contributed by atoms with E-state index >= 15 is 0 Å². The van der Waals surface area contributed by atoms with Crippen molar-refractivity contribution in [3.05, 3.63) is 0 Å². The summed E-state index contributed by atoms with van der Waals surface area (Å²) >= 11 is 0. The first-order chi connectivity index (χ1) is 8.28. The van der Waals surface area contributed by atoms with Crippen LogP contribution in [0, 0.1) is 0 Å². The van der Waals surface area contributed by atoms with Gasteiger partial charge in [0.15, 0.2) is 0 Å². The molecular weight excluding hydrogens is 224 g/mol. The maximum Gasteiger partial charge on any atom is 0.111 e. The zero-order valence-electron chi connectivity index (χ0n) is 11.4. The largest absolute Gasteiger partial charge is 0.376 e. The fraction of sp³-hybridized carbons (Fsp3) is 1.00. The SMILES string of the molecule is CCOC(CC)COOOCC(CC)OCC. The normalized spacial score (nSPS) is 14.8. The molecule has 0 spiro atoms. The van der Waals surface area contributed by atoms with Gasteiger partial charge in [0.1, 0.15) is 13.2 Å². The molecule has 0 aromatic rings. The van der Waals surface area contributed by atoms with Crippen LogP contribution in [0.5, 0.6) is 0 Å². The quantitative estimate of drug-likeness (QED) is 0.302. The van der Waals surface area contributed by atoms with Crippen molar-refractivity contribution in [2.75, 3.05) is 26.4 Å². The first-order valence-corrected chi connectivity index (χ1v) is 6.42. The topological polar surface area (TPSA) is 46.2 Å². The molecule has 0 N–H and O–H groups in total. The average Bonchev–Trinajstić information content (AvgIpc) is 2.35. The Morgan fingerprint density at radius 2 is 1.12 bits per heavy atom. The molecule has 0 rings (SSSR count). The molecule has 104 valence electrons. The number of hydrogen-bond donors (Lipinski definition) is 0. The van der Waals surface area contributed by atoms with Gasteiger partial charge in [-0.25, -0.2) is 9.78 Å². The third-order valence-corrected chi connectivity index (χ3v) is 2.32. The number of rotatable bonds is 12. The van der Waals surface area contributed by atoms with Crippen LogP contribution in [-0.4, -0.2) is 38.6 Å². The summed E-state index contributed by atoms with van der Waals surface area (Å²) in [7, 11) is 0. The highest BCUT2D eigenvalue weighted by Crippen LogP contribution is 2.01. The standard InChI is InChI=1S/C12H26O5/c1-5-11(13-7-3)9-15-17-16-10-12(6-2)14-8-4/h11-12H,5-10H2,1-4H3. The van der Waals surface area contributed by atoms with Gasteiger partial charge < -0.3 is 9.47 Å². The van der Waals surface area contributed by atoms with Crippen LogP contribution >= 0.6 is 0 Å². The van der Waals surface area contributed by atoms with Crippen molar-refractivity contribution in [2.45, 2.75) is 52.7 Å². The van der Waals surface area contributed by atoms with E-state index in [0.717, 1.165) is 12.8 Å². The molecule has 0 aliphatic carbocycles. The molecule has 0 aliphatic rings. The summed E-state index contributed by atoms with van der Waals surface area (Å²) in [5, 5.41) is 4.63. The van der Waals surface area contributed by atoms with Crippen molar-refractivity contribution in [3.8, 4) is 0 Å². The molecule has 0 fully saturated rings. The third-order valence-electron chi connectivity index (χ3n) is 2.32. The zero-order chi connectivity index (χ0) is 12.9. The smallest absolute Gasteiger partial charge is 0.111 e. The van der Waals surface area contributed by atoms with E-state index in [4.69, 9.17) is 19.2 Å². The van der Waals surface area contributed by atoms with Crippen LogP contribution in [0.3, 0.4) is 0 Å². The van der Waals surface area contributed by atoms with Gasteiger partial charge in [-0.05, 0) is 26.7 Å². The molecular formula is C12H26O5. The van der Waals surface area contributed by atoms with Crippen LogP contribution in [0.15, 0.2) is 0 Å². The van der Waals surface area contributed by atoms with Crippen molar-refractivity contribution >= 4 is 0 Å². The van der Waals surface area contributed by atoms with Crippen molar-refractivity contribution in [1.29, 1.82) is 0 Å². The summed E-state index contributed by atoms with van der Waals surface area (Å²) < 4.78 is 10.8. The summed E-state index contributed by atoms with van der Waals surface area (Å²) in [6.45, 7) is 10.1. The Hall–Kier alpha value is -0.200. The molecule has 0 aliphatic heterocycles. The molecule has 17 heavy (non-hydrogen) atoms. The van der Waals surface area contributed by atoms with E-state index in [2.05, 4.69) is 5.04 Å². The van der Waals surface area contributed by atoms with Crippen LogP contribution in [0.1, 0.15) is 40.5 Å². The maximum absolute atomic E-state index is 5.39. The highest BCUT2D eigenvalue weighted by atomic mass is 17.5. The van der Waals surface area contributed by atoms with E-state index < -0.39 is 0 Å². The highest BCUT2D eigenvalue weighted by molar-refractivity contribution is 4.51. The maximum atomic E-state index is 5.39. The first-order valence-electron chi connectivity index (χ1n) is 6.42. The predicted octanol–water partition coefficient (Wildman–Crippen LogP) is 2.50. The van der Waals surface area contributed by atoms with Crippen LogP contribution < -0.4 is 0 Å². The molecule has 2 atom stereocenters. The van der Waals surface area contributed by atoms with Gasteiger partial charge in [-0.1, -0.05) is 18.9 Å². The highest BCUT2D eigenvalue weighted by Gasteiger charge is 2.08. The molecule has 0 bridgehead atoms. The molecule has 0 saturated carbocycles. The lowest BCUT2D eigenvalue weighted by Gasteiger charge is -2.15. The van der Waals surface area contributed by atoms with Gasteiger partial charge in [0.05, 0.1) is 12.2 Å². The van der Waals surface area contributed by atoms with Crippen LogP contribution in [0.25, 0.3) is 0 Å². The fourth-order valence-corrected chi connectivity index (χ4v) is 1.28. The van der Waals surface area contributed by atoms with Crippen LogP contribution in [0.4, 0.5) is 0 Å². The molecule has 0 saturated heterocycles. The van der Waals surface area contributed by atoms with Gasteiger partial charge in [-0.15, -0.1) is 0 Å². The molecule has 0 heterocycles. The Morgan fingerprint density at radius 3 is 1.41 bits per heavy atom. The van der Waals surface area contributed by atoms with E-state index in [-0.39, 0.29) is 12.2 Å². The van der Waals surface area contributed by atoms with E-state index in [0.29, 0.717) is 26.4 Å².